The number of carbonyl (C=O) groups excluding carboxylic acids is 1. The highest BCUT2D eigenvalue weighted by atomic mass is 16.2. The largest absolute Gasteiger partial charge is 0.357 e. The molecule has 152 valence electrons. The molecule has 2 aromatic rings. The Morgan fingerprint density at radius 2 is 1.89 bits per heavy atom. The van der Waals surface area contributed by atoms with Crippen LogP contribution in [0, 0.1) is 5.92 Å². The van der Waals surface area contributed by atoms with E-state index in [2.05, 4.69) is 39.5 Å². The molecule has 0 radical (unpaired) electrons. The summed E-state index contributed by atoms with van der Waals surface area (Å²) in [6, 6.07) is 9.56. The minimum Gasteiger partial charge on any atom is -0.357 e. The van der Waals surface area contributed by atoms with Crippen molar-refractivity contribution >= 4 is 16.8 Å². The van der Waals surface area contributed by atoms with E-state index in [9.17, 15) is 4.79 Å². The first-order valence-electron chi connectivity index (χ1n) is 10.9. The van der Waals surface area contributed by atoms with Crippen molar-refractivity contribution < 1.29 is 4.79 Å². The minimum atomic E-state index is 0.105. The summed E-state index contributed by atoms with van der Waals surface area (Å²) in [5.41, 5.74) is 3.89. The molecule has 2 fully saturated rings. The Bertz CT molecular complexity index is 798. The van der Waals surface area contributed by atoms with Crippen LogP contribution in [-0.2, 0) is 17.9 Å². The van der Waals surface area contributed by atoms with Crippen molar-refractivity contribution in [2.75, 3.05) is 26.2 Å². The van der Waals surface area contributed by atoms with Crippen molar-refractivity contribution in [3.63, 3.8) is 0 Å². The van der Waals surface area contributed by atoms with Gasteiger partial charge in [0.05, 0.1) is 0 Å². The Morgan fingerprint density at radius 1 is 1.14 bits per heavy atom. The summed E-state index contributed by atoms with van der Waals surface area (Å²) in [6.07, 6.45) is 4.76. The van der Waals surface area contributed by atoms with Gasteiger partial charge < -0.3 is 15.2 Å². The second kappa shape index (κ2) is 8.66. The number of likely N-dealkylation sites (tertiary alicyclic amines) is 2. The average molecular weight is 383 g/mol. The number of piperidine rings is 1. The Morgan fingerprint density at radius 3 is 2.61 bits per heavy atom. The fourth-order valence-corrected chi connectivity index (χ4v) is 4.55. The van der Waals surface area contributed by atoms with Crippen molar-refractivity contribution in [2.45, 2.75) is 58.7 Å². The molecular weight excluding hydrogens is 348 g/mol. The Hall–Kier alpha value is -1.85. The van der Waals surface area contributed by atoms with Crippen LogP contribution in [0.1, 0.15) is 50.8 Å². The molecular formula is C23H34N4O. The van der Waals surface area contributed by atoms with E-state index in [1.165, 1.54) is 48.1 Å². The van der Waals surface area contributed by atoms with E-state index in [1.807, 2.05) is 18.7 Å². The molecule has 0 aliphatic carbocycles. The molecule has 0 saturated carbocycles. The normalized spacial score (nSPS) is 19.2. The highest BCUT2D eigenvalue weighted by Gasteiger charge is 2.23. The van der Waals surface area contributed by atoms with E-state index in [1.54, 1.807) is 0 Å². The van der Waals surface area contributed by atoms with Gasteiger partial charge in [-0.1, -0.05) is 19.9 Å². The van der Waals surface area contributed by atoms with Crippen LogP contribution < -0.4 is 5.32 Å². The van der Waals surface area contributed by atoms with Crippen molar-refractivity contribution in [2.24, 2.45) is 5.92 Å². The second-order valence-corrected chi connectivity index (χ2v) is 8.83. The third-order valence-electron chi connectivity index (χ3n) is 6.23. The maximum atomic E-state index is 12.1. The smallest absolute Gasteiger partial charge is 0.225 e. The van der Waals surface area contributed by atoms with Gasteiger partial charge in [0.25, 0.3) is 0 Å². The number of hydrogen-bond donors (Lipinski definition) is 2. The quantitative estimate of drug-likeness (QED) is 0.804. The van der Waals surface area contributed by atoms with Crippen LogP contribution >= 0.6 is 0 Å². The predicted molar refractivity (Wildman–Crippen MR) is 114 cm³/mol. The summed E-state index contributed by atoms with van der Waals surface area (Å²) >= 11 is 0. The number of rotatable bonds is 6. The van der Waals surface area contributed by atoms with E-state index in [4.69, 9.17) is 0 Å². The van der Waals surface area contributed by atoms with Gasteiger partial charge in [-0.25, -0.2) is 0 Å². The third kappa shape index (κ3) is 4.58. The Kier molecular flexibility index (Phi) is 6.02. The van der Waals surface area contributed by atoms with Crippen molar-refractivity contribution in [1.29, 1.82) is 0 Å². The molecule has 0 unspecified atom stereocenters. The molecule has 1 aromatic heterocycles. The Labute approximate surface area is 168 Å². The lowest BCUT2D eigenvalue weighted by Gasteiger charge is -2.33. The van der Waals surface area contributed by atoms with E-state index >= 15 is 0 Å². The van der Waals surface area contributed by atoms with Crippen LogP contribution in [0.25, 0.3) is 10.9 Å². The summed E-state index contributed by atoms with van der Waals surface area (Å²) in [5, 5.41) is 5.01. The maximum Gasteiger partial charge on any atom is 0.225 e. The van der Waals surface area contributed by atoms with Gasteiger partial charge in [-0.3, -0.25) is 9.69 Å². The zero-order valence-electron chi connectivity index (χ0n) is 17.3. The van der Waals surface area contributed by atoms with Crippen LogP contribution in [-0.4, -0.2) is 52.9 Å². The predicted octanol–water partition coefficient (Wildman–Crippen LogP) is 3.50. The molecule has 2 N–H and O–H groups in total. The fraction of sp³-hybridized carbons (Fsp3) is 0.609. The van der Waals surface area contributed by atoms with Crippen LogP contribution in [0.5, 0.6) is 0 Å². The number of aromatic amines is 1. The molecule has 4 rings (SSSR count). The summed E-state index contributed by atoms with van der Waals surface area (Å²) in [5.74, 6) is 0.397. The summed E-state index contributed by atoms with van der Waals surface area (Å²) in [6.45, 7) is 10.1. The molecule has 2 aliphatic rings. The lowest BCUT2D eigenvalue weighted by molar-refractivity contribution is -0.135. The van der Waals surface area contributed by atoms with Gasteiger partial charge in [0.15, 0.2) is 0 Å². The highest BCUT2D eigenvalue weighted by molar-refractivity contribution is 5.81. The van der Waals surface area contributed by atoms with E-state index < -0.39 is 0 Å². The Balaban J connectivity index is 1.29. The topological polar surface area (TPSA) is 51.4 Å². The number of nitrogens with zero attached hydrogens (tertiary/aromatic N) is 2. The SMILES string of the molecule is CC(C)C(=O)N1CCC(NCc2ccc3[nH]c(CN4CCCC4)cc3c2)CC1. The second-order valence-electron chi connectivity index (χ2n) is 8.83. The number of benzene rings is 1. The average Bonchev–Trinajstić information content (AvgIpc) is 3.35. The fourth-order valence-electron chi connectivity index (χ4n) is 4.55. The van der Waals surface area contributed by atoms with Crippen molar-refractivity contribution in [3.8, 4) is 0 Å². The van der Waals surface area contributed by atoms with E-state index in [-0.39, 0.29) is 5.92 Å². The molecule has 3 heterocycles. The third-order valence-corrected chi connectivity index (χ3v) is 6.23. The molecule has 0 bridgehead atoms. The van der Waals surface area contributed by atoms with Gasteiger partial charge in [-0.05, 0) is 62.5 Å². The van der Waals surface area contributed by atoms with Gasteiger partial charge in [0.2, 0.25) is 5.91 Å². The number of aromatic nitrogens is 1. The molecule has 2 aliphatic heterocycles. The monoisotopic (exact) mass is 382 g/mol. The molecule has 0 spiro atoms. The summed E-state index contributed by atoms with van der Waals surface area (Å²) < 4.78 is 0. The molecule has 1 aromatic carbocycles. The molecule has 1 amide bonds. The zero-order valence-corrected chi connectivity index (χ0v) is 17.3. The first kappa shape index (κ1) is 19.5. The highest BCUT2D eigenvalue weighted by Crippen LogP contribution is 2.20. The lowest BCUT2D eigenvalue weighted by Crippen LogP contribution is -2.45. The van der Waals surface area contributed by atoms with Crippen molar-refractivity contribution in [3.05, 3.63) is 35.5 Å². The summed E-state index contributed by atoms with van der Waals surface area (Å²) in [7, 11) is 0. The molecule has 5 nitrogen and oxygen atoms in total. The molecule has 5 heteroatoms. The van der Waals surface area contributed by atoms with Crippen LogP contribution in [0.2, 0.25) is 0 Å². The standard InChI is InChI=1S/C23H34N4O/c1-17(2)23(28)27-11-7-20(8-12-27)24-15-18-5-6-22-19(13-18)14-21(25-22)16-26-9-3-4-10-26/h5-6,13-14,17,20,24-25H,3-4,7-12,15-16H2,1-2H3. The maximum absolute atomic E-state index is 12.1. The molecule has 2 saturated heterocycles. The van der Waals surface area contributed by atoms with E-state index in [0.717, 1.165) is 39.0 Å². The molecule has 28 heavy (non-hydrogen) atoms. The van der Waals surface area contributed by atoms with Gasteiger partial charge in [-0.15, -0.1) is 0 Å². The van der Waals surface area contributed by atoms with Crippen LogP contribution in [0.15, 0.2) is 24.3 Å². The zero-order chi connectivity index (χ0) is 19.5. The summed E-state index contributed by atoms with van der Waals surface area (Å²) in [4.78, 5) is 20.3. The molecule has 0 atom stereocenters. The van der Waals surface area contributed by atoms with E-state index in [0.29, 0.717) is 11.9 Å². The number of hydrogen-bond acceptors (Lipinski definition) is 3. The number of carbonyl (C=O) groups is 1. The van der Waals surface area contributed by atoms with Crippen LogP contribution in [0.4, 0.5) is 0 Å². The first-order chi connectivity index (χ1) is 13.6. The minimum absolute atomic E-state index is 0.105. The van der Waals surface area contributed by atoms with Gasteiger partial charge in [0, 0.05) is 54.7 Å². The van der Waals surface area contributed by atoms with Crippen LogP contribution in [0.3, 0.4) is 0 Å². The number of fused-ring (bicyclic) bond motifs is 1. The lowest BCUT2D eigenvalue weighted by atomic mass is 10.0. The van der Waals surface area contributed by atoms with Crippen molar-refractivity contribution in [1.82, 2.24) is 20.1 Å². The van der Waals surface area contributed by atoms with Gasteiger partial charge in [-0.2, -0.15) is 0 Å². The number of amides is 1. The van der Waals surface area contributed by atoms with Gasteiger partial charge in [0.1, 0.15) is 0 Å². The van der Waals surface area contributed by atoms with Gasteiger partial charge >= 0.3 is 0 Å². The number of nitrogens with one attached hydrogen (secondary N) is 2. The number of H-pyrrole nitrogens is 1. The first-order valence-corrected chi connectivity index (χ1v) is 10.9.